The van der Waals surface area contributed by atoms with Crippen molar-refractivity contribution in [2.24, 2.45) is 0 Å². The van der Waals surface area contributed by atoms with Gasteiger partial charge in [0.25, 0.3) is 0 Å². The van der Waals surface area contributed by atoms with Crippen molar-refractivity contribution in [1.29, 1.82) is 0 Å². The summed E-state index contributed by atoms with van der Waals surface area (Å²) in [7, 11) is 1.70. The lowest BCUT2D eigenvalue weighted by molar-refractivity contribution is -0.137. The molecule has 2 amide bonds. The number of urea groups is 1. The van der Waals surface area contributed by atoms with Crippen LogP contribution in [0.2, 0.25) is 0 Å². The van der Waals surface area contributed by atoms with E-state index in [0.29, 0.717) is 32.7 Å². The molecule has 18 heavy (non-hydrogen) atoms. The molecule has 0 radical (unpaired) electrons. The standard InChI is InChI=1S/C12H22N2O4/c1-12(2)9-14(7-8-18-12)11(17)13(3)6-4-5-10(15)16/h4-9H2,1-3H3,(H,15,16). The van der Waals surface area contributed by atoms with Gasteiger partial charge in [-0.25, -0.2) is 4.79 Å². The van der Waals surface area contributed by atoms with Crippen molar-refractivity contribution in [3.05, 3.63) is 0 Å². The zero-order valence-electron chi connectivity index (χ0n) is 11.3. The summed E-state index contributed by atoms with van der Waals surface area (Å²) in [6.45, 7) is 6.07. The van der Waals surface area contributed by atoms with Crippen molar-refractivity contribution in [3.63, 3.8) is 0 Å². The van der Waals surface area contributed by atoms with Crippen molar-refractivity contribution in [3.8, 4) is 0 Å². The first-order chi connectivity index (χ1) is 8.32. The SMILES string of the molecule is CN(CCCC(=O)O)C(=O)N1CCOC(C)(C)C1. The highest BCUT2D eigenvalue weighted by atomic mass is 16.5. The molecule has 1 rings (SSSR count). The van der Waals surface area contributed by atoms with Crippen molar-refractivity contribution in [2.45, 2.75) is 32.3 Å². The Balaban J connectivity index is 2.40. The lowest BCUT2D eigenvalue weighted by Gasteiger charge is -2.39. The molecule has 1 saturated heterocycles. The number of morpholine rings is 1. The third-order valence-electron chi connectivity index (χ3n) is 2.91. The molecule has 0 aromatic heterocycles. The number of hydrogen-bond acceptors (Lipinski definition) is 3. The molecule has 0 aromatic carbocycles. The molecule has 0 saturated carbocycles. The van der Waals surface area contributed by atoms with Crippen LogP contribution in [0.1, 0.15) is 26.7 Å². The van der Waals surface area contributed by atoms with Gasteiger partial charge in [0.05, 0.1) is 18.8 Å². The maximum absolute atomic E-state index is 12.1. The van der Waals surface area contributed by atoms with Crippen LogP contribution in [0.4, 0.5) is 4.79 Å². The van der Waals surface area contributed by atoms with E-state index in [0.717, 1.165) is 0 Å². The number of aliphatic carboxylic acids is 1. The van der Waals surface area contributed by atoms with Gasteiger partial charge in [0, 0.05) is 26.6 Å². The largest absolute Gasteiger partial charge is 0.481 e. The van der Waals surface area contributed by atoms with E-state index in [4.69, 9.17) is 9.84 Å². The van der Waals surface area contributed by atoms with Crippen LogP contribution in [-0.4, -0.2) is 65.8 Å². The van der Waals surface area contributed by atoms with Gasteiger partial charge >= 0.3 is 12.0 Å². The van der Waals surface area contributed by atoms with E-state index in [1.54, 1.807) is 16.8 Å². The molecular formula is C12H22N2O4. The molecule has 0 aliphatic carbocycles. The Bertz CT molecular complexity index is 317. The monoisotopic (exact) mass is 258 g/mol. The highest BCUT2D eigenvalue weighted by molar-refractivity contribution is 5.74. The number of hydrogen-bond donors (Lipinski definition) is 1. The lowest BCUT2D eigenvalue weighted by atomic mass is 10.1. The van der Waals surface area contributed by atoms with Gasteiger partial charge in [0.15, 0.2) is 0 Å². The molecule has 1 aliphatic rings. The first kappa shape index (κ1) is 14.8. The second-order valence-electron chi connectivity index (χ2n) is 5.23. The van der Waals surface area contributed by atoms with E-state index in [1.165, 1.54) is 0 Å². The molecule has 6 heteroatoms. The smallest absolute Gasteiger partial charge is 0.319 e. The van der Waals surface area contributed by atoms with Crippen molar-refractivity contribution in [2.75, 3.05) is 33.3 Å². The highest BCUT2D eigenvalue weighted by Gasteiger charge is 2.31. The number of carbonyl (C=O) groups is 2. The van der Waals surface area contributed by atoms with E-state index < -0.39 is 5.97 Å². The minimum atomic E-state index is -0.830. The fourth-order valence-electron chi connectivity index (χ4n) is 1.98. The van der Waals surface area contributed by atoms with Crippen molar-refractivity contribution >= 4 is 12.0 Å². The van der Waals surface area contributed by atoms with Crippen LogP contribution < -0.4 is 0 Å². The Morgan fingerprint density at radius 3 is 2.67 bits per heavy atom. The summed E-state index contributed by atoms with van der Waals surface area (Å²) in [6.07, 6.45) is 0.567. The molecule has 0 unspecified atom stereocenters. The van der Waals surface area contributed by atoms with Gasteiger partial charge in [-0.15, -0.1) is 0 Å². The van der Waals surface area contributed by atoms with Crippen LogP contribution in [0.25, 0.3) is 0 Å². The summed E-state index contributed by atoms with van der Waals surface area (Å²) in [5.74, 6) is -0.830. The topological polar surface area (TPSA) is 70.1 Å². The van der Waals surface area contributed by atoms with E-state index in [2.05, 4.69) is 0 Å². The minimum Gasteiger partial charge on any atom is -0.481 e. The molecule has 0 aromatic rings. The summed E-state index contributed by atoms with van der Waals surface area (Å²) in [6, 6.07) is -0.0586. The predicted octanol–water partition coefficient (Wildman–Crippen LogP) is 1.01. The molecule has 0 atom stereocenters. The quantitative estimate of drug-likeness (QED) is 0.817. The predicted molar refractivity (Wildman–Crippen MR) is 66.5 cm³/mol. The number of ether oxygens (including phenoxy) is 1. The van der Waals surface area contributed by atoms with Crippen LogP contribution >= 0.6 is 0 Å². The molecule has 0 spiro atoms. The third-order valence-corrected chi connectivity index (χ3v) is 2.91. The average molecular weight is 258 g/mol. The Morgan fingerprint density at radius 2 is 2.11 bits per heavy atom. The number of amides is 2. The molecular weight excluding hydrogens is 236 g/mol. The fraction of sp³-hybridized carbons (Fsp3) is 0.833. The Labute approximate surface area is 107 Å². The van der Waals surface area contributed by atoms with Crippen LogP contribution in [0, 0.1) is 0 Å². The molecule has 104 valence electrons. The van der Waals surface area contributed by atoms with Gasteiger partial charge in [-0.1, -0.05) is 0 Å². The highest BCUT2D eigenvalue weighted by Crippen LogP contribution is 2.17. The Morgan fingerprint density at radius 1 is 1.44 bits per heavy atom. The summed E-state index contributed by atoms with van der Waals surface area (Å²) in [5.41, 5.74) is -0.310. The first-order valence-corrected chi connectivity index (χ1v) is 6.17. The maximum Gasteiger partial charge on any atom is 0.319 e. The fourth-order valence-corrected chi connectivity index (χ4v) is 1.98. The number of nitrogens with zero attached hydrogens (tertiary/aromatic N) is 2. The first-order valence-electron chi connectivity index (χ1n) is 6.17. The summed E-state index contributed by atoms with van der Waals surface area (Å²) >= 11 is 0. The average Bonchev–Trinajstić information content (AvgIpc) is 2.26. The van der Waals surface area contributed by atoms with Crippen LogP contribution in [0.5, 0.6) is 0 Å². The molecule has 1 aliphatic heterocycles. The van der Waals surface area contributed by atoms with Gasteiger partial charge in [-0.2, -0.15) is 0 Å². The van der Waals surface area contributed by atoms with Crippen molar-refractivity contribution < 1.29 is 19.4 Å². The second-order valence-corrected chi connectivity index (χ2v) is 5.23. The number of carboxylic acid groups (broad SMARTS) is 1. The lowest BCUT2D eigenvalue weighted by Crippen LogP contribution is -2.53. The molecule has 1 heterocycles. The zero-order valence-corrected chi connectivity index (χ0v) is 11.3. The number of rotatable bonds is 4. The molecule has 1 fully saturated rings. The van der Waals surface area contributed by atoms with Crippen molar-refractivity contribution in [1.82, 2.24) is 9.80 Å². The third kappa shape index (κ3) is 4.52. The number of carboxylic acids is 1. The van der Waals surface area contributed by atoms with Crippen LogP contribution in [0.3, 0.4) is 0 Å². The Hall–Kier alpha value is -1.30. The van der Waals surface area contributed by atoms with E-state index in [1.807, 2.05) is 13.8 Å². The minimum absolute atomic E-state index is 0.0586. The van der Waals surface area contributed by atoms with Gasteiger partial charge in [-0.05, 0) is 20.3 Å². The van der Waals surface area contributed by atoms with Crippen LogP contribution in [-0.2, 0) is 9.53 Å². The zero-order chi connectivity index (χ0) is 13.8. The van der Waals surface area contributed by atoms with Gasteiger partial charge < -0.3 is 19.6 Å². The van der Waals surface area contributed by atoms with Gasteiger partial charge in [-0.3, -0.25) is 4.79 Å². The summed E-state index contributed by atoms with van der Waals surface area (Å²) < 4.78 is 5.55. The second kappa shape index (κ2) is 6.04. The summed E-state index contributed by atoms with van der Waals surface area (Å²) in [4.78, 5) is 25.8. The molecule has 6 nitrogen and oxygen atoms in total. The van der Waals surface area contributed by atoms with E-state index in [9.17, 15) is 9.59 Å². The van der Waals surface area contributed by atoms with Gasteiger partial charge in [0.1, 0.15) is 0 Å². The van der Waals surface area contributed by atoms with E-state index >= 15 is 0 Å². The molecule has 1 N–H and O–H groups in total. The Kier molecular flexibility index (Phi) is 4.95. The summed E-state index contributed by atoms with van der Waals surface area (Å²) in [5, 5.41) is 8.55. The number of carbonyl (C=O) groups excluding carboxylic acids is 1. The normalized spacial score (nSPS) is 18.5. The maximum atomic E-state index is 12.1. The molecule has 0 bridgehead atoms. The van der Waals surface area contributed by atoms with Crippen LogP contribution in [0.15, 0.2) is 0 Å². The van der Waals surface area contributed by atoms with E-state index in [-0.39, 0.29) is 18.1 Å². The van der Waals surface area contributed by atoms with Gasteiger partial charge in [0.2, 0.25) is 0 Å².